The molecule has 0 unspecified atom stereocenters. The van der Waals surface area contributed by atoms with E-state index in [-0.39, 0.29) is 24.0 Å². The third-order valence-corrected chi connectivity index (χ3v) is 4.40. The van der Waals surface area contributed by atoms with Crippen molar-refractivity contribution in [2.45, 2.75) is 33.4 Å². The zero-order valence-corrected chi connectivity index (χ0v) is 16.5. The molecule has 0 aliphatic heterocycles. The summed E-state index contributed by atoms with van der Waals surface area (Å²) in [6.45, 7) is 5.93. The van der Waals surface area contributed by atoms with E-state index < -0.39 is 0 Å². The van der Waals surface area contributed by atoms with Gasteiger partial charge in [-0.25, -0.2) is 0 Å². The molecule has 0 fully saturated rings. The lowest BCUT2D eigenvalue weighted by atomic mass is 10.1. The van der Waals surface area contributed by atoms with Gasteiger partial charge in [-0.3, -0.25) is 4.99 Å². The normalized spacial score (nSPS) is 11.0. The predicted molar refractivity (Wildman–Crippen MR) is 107 cm³/mol. The monoisotopic (exact) mass is 429 g/mol. The number of guanidine groups is 1. The third-order valence-electron chi connectivity index (χ3n) is 3.40. The number of aliphatic imine (C=N–C) groups is 1. The Morgan fingerprint density at radius 1 is 1.05 bits per heavy atom. The molecular formula is C17H24IN3S. The standard InChI is InChI=1S/C17H23N3S.HI/c1-4-14-7-5-6-8-15(14)11-19-17(18-3)20-12-16-10-9-13(2)21-16;/h5-10H,4,11-12H2,1-3H3,(H2,18,19,20);1H. The number of hydrogen-bond donors (Lipinski definition) is 2. The average molecular weight is 429 g/mol. The van der Waals surface area contributed by atoms with Crippen LogP contribution in [0.3, 0.4) is 0 Å². The van der Waals surface area contributed by atoms with E-state index in [2.05, 4.69) is 65.9 Å². The first-order chi connectivity index (χ1) is 10.2. The van der Waals surface area contributed by atoms with Gasteiger partial charge in [0.2, 0.25) is 0 Å². The molecule has 0 atom stereocenters. The zero-order valence-electron chi connectivity index (χ0n) is 13.3. The van der Waals surface area contributed by atoms with Crippen LogP contribution in [0.1, 0.15) is 27.8 Å². The summed E-state index contributed by atoms with van der Waals surface area (Å²) in [7, 11) is 1.81. The molecule has 0 aliphatic rings. The number of thiophene rings is 1. The van der Waals surface area contributed by atoms with Crippen molar-refractivity contribution in [1.82, 2.24) is 10.6 Å². The van der Waals surface area contributed by atoms with E-state index in [1.165, 1.54) is 20.9 Å². The molecule has 120 valence electrons. The Bertz CT molecular complexity index is 607. The maximum Gasteiger partial charge on any atom is 0.191 e. The number of hydrogen-bond acceptors (Lipinski definition) is 2. The highest BCUT2D eigenvalue weighted by Crippen LogP contribution is 2.14. The summed E-state index contributed by atoms with van der Waals surface area (Å²) in [4.78, 5) is 6.94. The molecular weight excluding hydrogens is 405 g/mol. The first-order valence-corrected chi connectivity index (χ1v) is 8.11. The molecule has 22 heavy (non-hydrogen) atoms. The summed E-state index contributed by atoms with van der Waals surface area (Å²) in [6, 6.07) is 12.8. The third kappa shape index (κ3) is 5.61. The number of benzene rings is 1. The highest BCUT2D eigenvalue weighted by Gasteiger charge is 2.03. The minimum Gasteiger partial charge on any atom is -0.352 e. The average Bonchev–Trinajstić information content (AvgIpc) is 2.93. The maximum absolute atomic E-state index is 4.28. The van der Waals surface area contributed by atoms with Crippen molar-refractivity contribution in [3.05, 3.63) is 57.3 Å². The molecule has 0 aliphatic carbocycles. The fraction of sp³-hybridized carbons (Fsp3) is 0.353. The minimum atomic E-state index is 0. The van der Waals surface area contributed by atoms with E-state index in [0.717, 1.165) is 25.5 Å². The SMILES string of the molecule is CCc1ccccc1CNC(=NC)NCc1ccc(C)s1.I. The van der Waals surface area contributed by atoms with Gasteiger partial charge in [0, 0.05) is 23.3 Å². The van der Waals surface area contributed by atoms with Crippen LogP contribution in [0.15, 0.2) is 41.4 Å². The predicted octanol–water partition coefficient (Wildman–Crippen LogP) is 4.10. The fourth-order valence-corrected chi connectivity index (χ4v) is 3.06. The van der Waals surface area contributed by atoms with Crippen LogP contribution in [0.5, 0.6) is 0 Å². The van der Waals surface area contributed by atoms with Gasteiger partial charge < -0.3 is 10.6 Å². The van der Waals surface area contributed by atoms with Gasteiger partial charge in [0.15, 0.2) is 5.96 Å². The minimum absolute atomic E-state index is 0. The summed E-state index contributed by atoms with van der Waals surface area (Å²) >= 11 is 1.82. The molecule has 0 saturated carbocycles. The van der Waals surface area contributed by atoms with Crippen LogP contribution in [-0.4, -0.2) is 13.0 Å². The Hall–Kier alpha value is -1.08. The number of nitrogens with zero attached hydrogens (tertiary/aromatic N) is 1. The van der Waals surface area contributed by atoms with Gasteiger partial charge >= 0.3 is 0 Å². The van der Waals surface area contributed by atoms with Crippen molar-refractivity contribution in [3.63, 3.8) is 0 Å². The van der Waals surface area contributed by atoms with E-state index in [4.69, 9.17) is 0 Å². The summed E-state index contributed by atoms with van der Waals surface area (Å²) < 4.78 is 0. The first kappa shape index (κ1) is 19.0. The number of nitrogens with one attached hydrogen (secondary N) is 2. The fourth-order valence-electron chi connectivity index (χ4n) is 2.23. The molecule has 0 saturated heterocycles. The van der Waals surface area contributed by atoms with Crippen LogP contribution in [0.25, 0.3) is 0 Å². The lowest BCUT2D eigenvalue weighted by Crippen LogP contribution is -2.36. The van der Waals surface area contributed by atoms with Crippen molar-refractivity contribution in [3.8, 4) is 0 Å². The van der Waals surface area contributed by atoms with E-state index >= 15 is 0 Å². The second kappa shape index (κ2) is 9.84. The highest BCUT2D eigenvalue weighted by molar-refractivity contribution is 14.0. The van der Waals surface area contributed by atoms with Gasteiger partial charge in [-0.2, -0.15) is 0 Å². The van der Waals surface area contributed by atoms with Gasteiger partial charge in [0.1, 0.15) is 0 Å². The highest BCUT2D eigenvalue weighted by atomic mass is 127. The molecule has 3 nitrogen and oxygen atoms in total. The second-order valence-electron chi connectivity index (χ2n) is 4.91. The van der Waals surface area contributed by atoms with E-state index in [1.54, 1.807) is 7.05 Å². The van der Waals surface area contributed by atoms with Crippen LogP contribution >= 0.6 is 35.3 Å². The molecule has 2 rings (SSSR count). The van der Waals surface area contributed by atoms with E-state index in [1.807, 2.05) is 11.3 Å². The summed E-state index contributed by atoms with van der Waals surface area (Å²) in [5.41, 5.74) is 2.71. The summed E-state index contributed by atoms with van der Waals surface area (Å²) in [5.74, 6) is 0.840. The Labute approximate surface area is 154 Å². The Morgan fingerprint density at radius 2 is 1.73 bits per heavy atom. The first-order valence-electron chi connectivity index (χ1n) is 7.29. The van der Waals surface area contributed by atoms with Crippen molar-refractivity contribution in [2.75, 3.05) is 7.05 Å². The van der Waals surface area contributed by atoms with Crippen molar-refractivity contribution in [1.29, 1.82) is 0 Å². The van der Waals surface area contributed by atoms with Gasteiger partial charge in [-0.15, -0.1) is 35.3 Å². The van der Waals surface area contributed by atoms with Gasteiger partial charge in [0.25, 0.3) is 0 Å². The largest absolute Gasteiger partial charge is 0.352 e. The molecule has 1 aromatic heterocycles. The summed E-state index contributed by atoms with van der Waals surface area (Å²) in [5, 5.41) is 6.74. The van der Waals surface area contributed by atoms with Crippen LogP contribution in [0.2, 0.25) is 0 Å². The van der Waals surface area contributed by atoms with Gasteiger partial charge in [-0.1, -0.05) is 31.2 Å². The number of halogens is 1. The molecule has 0 amide bonds. The van der Waals surface area contributed by atoms with Crippen LogP contribution in [0, 0.1) is 6.92 Å². The lowest BCUT2D eigenvalue weighted by molar-refractivity contribution is 0.808. The quantitative estimate of drug-likeness (QED) is 0.427. The molecule has 0 radical (unpaired) electrons. The van der Waals surface area contributed by atoms with Crippen LogP contribution in [-0.2, 0) is 19.5 Å². The van der Waals surface area contributed by atoms with E-state index in [0.29, 0.717) is 0 Å². The van der Waals surface area contributed by atoms with Crippen molar-refractivity contribution in [2.24, 2.45) is 4.99 Å². The van der Waals surface area contributed by atoms with Crippen LogP contribution < -0.4 is 10.6 Å². The molecule has 5 heteroatoms. The number of rotatable bonds is 5. The van der Waals surface area contributed by atoms with Crippen molar-refractivity contribution < 1.29 is 0 Å². The maximum atomic E-state index is 4.28. The molecule has 0 bridgehead atoms. The summed E-state index contributed by atoms with van der Waals surface area (Å²) in [6.07, 6.45) is 1.05. The Balaban J connectivity index is 0.00000242. The van der Waals surface area contributed by atoms with Crippen molar-refractivity contribution >= 4 is 41.3 Å². The lowest BCUT2D eigenvalue weighted by Gasteiger charge is -2.13. The Morgan fingerprint density at radius 3 is 2.32 bits per heavy atom. The Kier molecular flexibility index (Phi) is 8.48. The molecule has 1 aromatic carbocycles. The van der Waals surface area contributed by atoms with Gasteiger partial charge in [-0.05, 0) is 36.6 Å². The van der Waals surface area contributed by atoms with Crippen LogP contribution in [0.4, 0.5) is 0 Å². The van der Waals surface area contributed by atoms with Gasteiger partial charge in [0.05, 0.1) is 6.54 Å². The number of aryl methyl sites for hydroxylation is 2. The molecule has 2 N–H and O–H groups in total. The topological polar surface area (TPSA) is 36.4 Å². The zero-order chi connectivity index (χ0) is 15.1. The molecule has 1 heterocycles. The second-order valence-corrected chi connectivity index (χ2v) is 6.29. The smallest absolute Gasteiger partial charge is 0.191 e. The van der Waals surface area contributed by atoms with E-state index in [9.17, 15) is 0 Å². The molecule has 0 spiro atoms. The molecule has 2 aromatic rings.